The number of hydrogen-bond donors (Lipinski definition) is 1. The van der Waals surface area contributed by atoms with Crippen molar-refractivity contribution < 1.29 is 4.79 Å². The predicted octanol–water partition coefficient (Wildman–Crippen LogP) is 4.89. The molecule has 1 aromatic heterocycles. The van der Waals surface area contributed by atoms with Crippen LogP contribution in [0, 0.1) is 11.3 Å². The number of anilines is 1. The molecule has 0 aliphatic heterocycles. The van der Waals surface area contributed by atoms with Crippen LogP contribution in [0.5, 0.6) is 0 Å². The standard InChI is InChI=1S/C15H10Br2N2OS/c16-8-4-5-10(12(17)6-8)14(20)19-15-11(7-18)9-2-1-3-13(9)21-15/h4-6H,1-3H2,(H,19,20). The quantitative estimate of drug-likeness (QED) is 0.744. The third kappa shape index (κ3) is 2.78. The summed E-state index contributed by atoms with van der Waals surface area (Å²) < 4.78 is 1.62. The number of nitrogens with zero attached hydrogens (tertiary/aromatic N) is 1. The molecule has 21 heavy (non-hydrogen) atoms. The van der Waals surface area contributed by atoms with E-state index in [0.717, 1.165) is 33.8 Å². The van der Waals surface area contributed by atoms with Crippen molar-refractivity contribution >= 4 is 54.1 Å². The fraction of sp³-hybridized carbons (Fsp3) is 0.200. The minimum absolute atomic E-state index is 0.203. The van der Waals surface area contributed by atoms with Crippen molar-refractivity contribution in [1.82, 2.24) is 0 Å². The van der Waals surface area contributed by atoms with E-state index in [1.165, 1.54) is 16.2 Å². The molecule has 0 saturated heterocycles. The molecule has 0 saturated carbocycles. The first-order chi connectivity index (χ1) is 10.1. The van der Waals surface area contributed by atoms with Gasteiger partial charge in [-0.3, -0.25) is 4.79 Å². The average Bonchev–Trinajstić information content (AvgIpc) is 2.98. The van der Waals surface area contributed by atoms with Gasteiger partial charge in [0.05, 0.1) is 11.1 Å². The Hall–Kier alpha value is -1.16. The highest BCUT2D eigenvalue weighted by Crippen LogP contribution is 2.38. The van der Waals surface area contributed by atoms with Crippen LogP contribution in [-0.4, -0.2) is 5.91 Å². The van der Waals surface area contributed by atoms with Gasteiger partial charge in [0.1, 0.15) is 11.1 Å². The Kier molecular flexibility index (Phi) is 4.16. The Morgan fingerprint density at radius 1 is 1.33 bits per heavy atom. The maximum absolute atomic E-state index is 12.4. The summed E-state index contributed by atoms with van der Waals surface area (Å²) in [5.41, 5.74) is 2.30. The Balaban J connectivity index is 1.91. The number of carbonyl (C=O) groups is 1. The van der Waals surface area contributed by atoms with Gasteiger partial charge in [-0.05, 0) is 59.0 Å². The maximum Gasteiger partial charge on any atom is 0.257 e. The van der Waals surface area contributed by atoms with Crippen LogP contribution in [0.15, 0.2) is 27.1 Å². The van der Waals surface area contributed by atoms with Crippen molar-refractivity contribution in [2.75, 3.05) is 5.32 Å². The van der Waals surface area contributed by atoms with E-state index in [9.17, 15) is 10.1 Å². The molecule has 0 atom stereocenters. The monoisotopic (exact) mass is 424 g/mol. The number of thiophene rings is 1. The molecule has 106 valence electrons. The third-order valence-electron chi connectivity index (χ3n) is 3.44. The topological polar surface area (TPSA) is 52.9 Å². The smallest absolute Gasteiger partial charge is 0.257 e. The Labute approximate surface area is 143 Å². The van der Waals surface area contributed by atoms with Gasteiger partial charge in [0.2, 0.25) is 0 Å². The van der Waals surface area contributed by atoms with Crippen LogP contribution < -0.4 is 5.32 Å². The molecule has 1 aromatic carbocycles. The molecule has 0 fully saturated rings. The van der Waals surface area contributed by atoms with Crippen LogP contribution in [0.4, 0.5) is 5.00 Å². The average molecular weight is 426 g/mol. The summed E-state index contributed by atoms with van der Waals surface area (Å²) in [6.45, 7) is 0. The molecule has 3 nitrogen and oxygen atoms in total. The van der Waals surface area contributed by atoms with Crippen LogP contribution in [0.1, 0.15) is 32.8 Å². The number of amides is 1. The van der Waals surface area contributed by atoms with E-state index in [4.69, 9.17) is 0 Å². The third-order valence-corrected chi connectivity index (χ3v) is 5.79. The molecule has 1 aliphatic carbocycles. The first kappa shape index (κ1) is 14.8. The van der Waals surface area contributed by atoms with Gasteiger partial charge < -0.3 is 5.32 Å². The van der Waals surface area contributed by atoms with Crippen LogP contribution in [0.3, 0.4) is 0 Å². The lowest BCUT2D eigenvalue weighted by atomic mass is 10.1. The molecular weight excluding hydrogens is 416 g/mol. The highest BCUT2D eigenvalue weighted by Gasteiger charge is 2.23. The summed E-state index contributed by atoms with van der Waals surface area (Å²) in [6, 6.07) is 7.63. The van der Waals surface area contributed by atoms with E-state index in [1.54, 1.807) is 6.07 Å². The predicted molar refractivity (Wildman–Crippen MR) is 90.9 cm³/mol. The lowest BCUT2D eigenvalue weighted by molar-refractivity contribution is 0.102. The number of rotatable bonds is 2. The van der Waals surface area contributed by atoms with E-state index in [0.29, 0.717) is 16.1 Å². The van der Waals surface area contributed by atoms with Crippen LogP contribution in [-0.2, 0) is 12.8 Å². The highest BCUT2D eigenvalue weighted by molar-refractivity contribution is 9.11. The Bertz CT molecular complexity index is 777. The molecule has 1 amide bonds. The molecule has 2 aromatic rings. The molecule has 1 heterocycles. The van der Waals surface area contributed by atoms with E-state index in [-0.39, 0.29) is 5.91 Å². The largest absolute Gasteiger partial charge is 0.312 e. The zero-order valence-corrected chi connectivity index (χ0v) is 14.9. The van der Waals surface area contributed by atoms with Gasteiger partial charge >= 0.3 is 0 Å². The number of halogens is 2. The summed E-state index contributed by atoms with van der Waals surface area (Å²) >= 11 is 8.28. The minimum atomic E-state index is -0.203. The molecule has 0 radical (unpaired) electrons. The fourth-order valence-corrected chi connectivity index (χ4v) is 4.92. The van der Waals surface area contributed by atoms with Crippen molar-refractivity contribution in [1.29, 1.82) is 5.26 Å². The molecule has 0 bridgehead atoms. The number of aryl methyl sites for hydroxylation is 1. The fourth-order valence-electron chi connectivity index (χ4n) is 2.45. The van der Waals surface area contributed by atoms with Crippen molar-refractivity contribution in [3.63, 3.8) is 0 Å². The van der Waals surface area contributed by atoms with Gasteiger partial charge in [0, 0.05) is 13.8 Å². The van der Waals surface area contributed by atoms with E-state index >= 15 is 0 Å². The summed E-state index contributed by atoms with van der Waals surface area (Å²) in [5, 5.41) is 12.9. The molecular formula is C15H10Br2N2OS. The molecule has 6 heteroatoms. The van der Waals surface area contributed by atoms with Crippen molar-refractivity contribution in [2.24, 2.45) is 0 Å². The molecule has 1 N–H and O–H groups in total. The number of benzene rings is 1. The number of nitriles is 1. The molecule has 0 spiro atoms. The second-order valence-corrected chi connectivity index (χ2v) is 7.63. The maximum atomic E-state index is 12.4. The number of fused-ring (bicyclic) bond motifs is 1. The van der Waals surface area contributed by atoms with Crippen molar-refractivity contribution in [2.45, 2.75) is 19.3 Å². The number of hydrogen-bond acceptors (Lipinski definition) is 3. The van der Waals surface area contributed by atoms with Gasteiger partial charge in [-0.15, -0.1) is 11.3 Å². The van der Waals surface area contributed by atoms with Gasteiger partial charge in [-0.1, -0.05) is 15.9 Å². The Morgan fingerprint density at radius 2 is 2.14 bits per heavy atom. The summed E-state index contributed by atoms with van der Waals surface area (Å²) in [4.78, 5) is 13.6. The van der Waals surface area contributed by atoms with E-state index < -0.39 is 0 Å². The van der Waals surface area contributed by atoms with Gasteiger partial charge in [-0.25, -0.2) is 0 Å². The molecule has 0 unspecified atom stereocenters. The van der Waals surface area contributed by atoms with E-state index in [1.807, 2.05) is 12.1 Å². The zero-order valence-electron chi connectivity index (χ0n) is 10.9. The molecule has 1 aliphatic rings. The van der Waals surface area contributed by atoms with Gasteiger partial charge in [-0.2, -0.15) is 5.26 Å². The molecule has 3 rings (SSSR count). The normalized spacial score (nSPS) is 12.8. The summed E-state index contributed by atoms with van der Waals surface area (Å²) in [6.07, 6.45) is 3.04. The van der Waals surface area contributed by atoms with Gasteiger partial charge in [0.25, 0.3) is 5.91 Å². The first-order valence-electron chi connectivity index (χ1n) is 6.41. The lowest BCUT2D eigenvalue weighted by Crippen LogP contribution is -2.12. The van der Waals surface area contributed by atoms with Gasteiger partial charge in [0.15, 0.2) is 0 Å². The second-order valence-electron chi connectivity index (χ2n) is 4.75. The van der Waals surface area contributed by atoms with Crippen molar-refractivity contribution in [3.8, 4) is 6.07 Å². The summed E-state index contributed by atoms with van der Waals surface area (Å²) in [7, 11) is 0. The Morgan fingerprint density at radius 3 is 2.86 bits per heavy atom. The summed E-state index contributed by atoms with van der Waals surface area (Å²) in [5.74, 6) is -0.203. The highest BCUT2D eigenvalue weighted by atomic mass is 79.9. The lowest BCUT2D eigenvalue weighted by Gasteiger charge is -2.06. The second kappa shape index (κ2) is 5.91. The number of nitrogens with one attached hydrogen (secondary N) is 1. The first-order valence-corrected chi connectivity index (χ1v) is 8.81. The van der Waals surface area contributed by atoms with E-state index in [2.05, 4.69) is 43.2 Å². The minimum Gasteiger partial charge on any atom is -0.312 e. The van der Waals surface area contributed by atoms with Crippen LogP contribution >= 0.6 is 43.2 Å². The number of carbonyl (C=O) groups excluding carboxylic acids is 1. The van der Waals surface area contributed by atoms with Crippen LogP contribution in [0.2, 0.25) is 0 Å². The SMILES string of the molecule is N#Cc1c(NC(=O)c2ccc(Br)cc2Br)sc2c1CCC2. The van der Waals surface area contributed by atoms with Crippen LogP contribution in [0.25, 0.3) is 0 Å². The zero-order chi connectivity index (χ0) is 15.0. The van der Waals surface area contributed by atoms with Crippen molar-refractivity contribution in [3.05, 3.63) is 48.7 Å².